The number of ether oxygens (including phenoxy) is 1. The molecule has 1 saturated heterocycles. The van der Waals surface area contributed by atoms with Gasteiger partial charge in [-0.1, -0.05) is 0 Å². The predicted molar refractivity (Wildman–Crippen MR) is 71.8 cm³/mol. The number of non-ortho nitro benzene ring substituents is 1. The lowest BCUT2D eigenvalue weighted by Crippen LogP contribution is -2.61. The number of fused-ring (bicyclic) bond motifs is 4. The van der Waals surface area contributed by atoms with Crippen molar-refractivity contribution in [1.29, 1.82) is 0 Å². The maximum Gasteiger partial charge on any atom is 0.269 e. The quantitative estimate of drug-likeness (QED) is 0.505. The summed E-state index contributed by atoms with van der Waals surface area (Å²) in [5.74, 6) is -1.39. The number of benzene rings is 1. The summed E-state index contributed by atoms with van der Waals surface area (Å²) in [6, 6.07) is 4.27. The average molecular weight is 290 g/mol. The zero-order valence-corrected chi connectivity index (χ0v) is 11.6. The van der Waals surface area contributed by atoms with Crippen LogP contribution >= 0.6 is 0 Å². The summed E-state index contributed by atoms with van der Waals surface area (Å²) in [6.07, 6.45) is 0.414. The first kappa shape index (κ1) is 13.5. The molecule has 110 valence electrons. The van der Waals surface area contributed by atoms with Gasteiger partial charge < -0.3 is 10.1 Å². The zero-order chi connectivity index (χ0) is 15.4. The fourth-order valence-corrected chi connectivity index (χ4v) is 3.21. The van der Waals surface area contributed by atoms with Crippen LogP contribution in [0.15, 0.2) is 18.2 Å². The van der Waals surface area contributed by atoms with Crippen LogP contribution in [-0.2, 0) is 9.59 Å². The van der Waals surface area contributed by atoms with E-state index in [2.05, 4.69) is 5.32 Å². The Bertz CT molecular complexity index is 671. The minimum absolute atomic E-state index is 0.0748. The monoisotopic (exact) mass is 290 g/mol. The van der Waals surface area contributed by atoms with Gasteiger partial charge in [-0.25, -0.2) is 0 Å². The van der Waals surface area contributed by atoms with Crippen LogP contribution in [0.5, 0.6) is 5.75 Å². The van der Waals surface area contributed by atoms with Crippen molar-refractivity contribution >= 4 is 17.4 Å². The maximum atomic E-state index is 12.1. The summed E-state index contributed by atoms with van der Waals surface area (Å²) in [5.41, 5.74) is -0.400. The molecule has 1 aromatic carbocycles. The molecule has 0 aromatic heterocycles. The Hall–Kier alpha value is -2.44. The third kappa shape index (κ3) is 2.05. The van der Waals surface area contributed by atoms with Crippen molar-refractivity contribution in [3.05, 3.63) is 33.9 Å². The second-order valence-electron chi connectivity index (χ2n) is 5.70. The first-order valence-electron chi connectivity index (χ1n) is 6.60. The van der Waals surface area contributed by atoms with E-state index in [-0.39, 0.29) is 11.5 Å². The smallest absolute Gasteiger partial charge is 0.269 e. The number of carbonyl (C=O) groups is 2. The van der Waals surface area contributed by atoms with Crippen molar-refractivity contribution in [1.82, 2.24) is 5.32 Å². The summed E-state index contributed by atoms with van der Waals surface area (Å²) < 4.78 is 5.76. The molecule has 3 rings (SSSR count). The molecule has 2 aliphatic heterocycles. The SMILES string of the molecule is CC(=O)C1C(=O)N[C@]2(C)C[C@H]1c1cc([N+](=O)[O-])ccc1O2. The molecule has 1 aromatic rings. The van der Waals surface area contributed by atoms with Crippen LogP contribution in [0.3, 0.4) is 0 Å². The number of nitro groups is 1. The van der Waals surface area contributed by atoms with Crippen LogP contribution in [-0.4, -0.2) is 22.3 Å². The second-order valence-corrected chi connectivity index (χ2v) is 5.70. The Balaban J connectivity index is 2.15. The second kappa shape index (κ2) is 4.28. The van der Waals surface area contributed by atoms with Crippen LogP contribution in [0.4, 0.5) is 5.69 Å². The van der Waals surface area contributed by atoms with Crippen molar-refractivity contribution < 1.29 is 19.2 Å². The van der Waals surface area contributed by atoms with E-state index < -0.39 is 28.4 Å². The van der Waals surface area contributed by atoms with Crippen molar-refractivity contribution in [2.24, 2.45) is 5.92 Å². The molecular weight excluding hydrogens is 276 g/mol. The highest BCUT2D eigenvalue weighted by Crippen LogP contribution is 2.47. The van der Waals surface area contributed by atoms with Gasteiger partial charge in [0.05, 0.1) is 4.92 Å². The molecule has 7 nitrogen and oxygen atoms in total. The van der Waals surface area contributed by atoms with E-state index in [0.29, 0.717) is 17.7 Å². The van der Waals surface area contributed by atoms with Crippen molar-refractivity contribution in [2.45, 2.75) is 31.9 Å². The van der Waals surface area contributed by atoms with Crippen LogP contribution in [0.25, 0.3) is 0 Å². The van der Waals surface area contributed by atoms with Gasteiger partial charge in [-0.2, -0.15) is 0 Å². The summed E-state index contributed by atoms with van der Waals surface area (Å²) in [6.45, 7) is 3.10. The fraction of sp³-hybridized carbons (Fsp3) is 0.429. The van der Waals surface area contributed by atoms with E-state index in [1.54, 1.807) is 6.92 Å². The van der Waals surface area contributed by atoms with E-state index in [1.165, 1.54) is 25.1 Å². The van der Waals surface area contributed by atoms with Gasteiger partial charge in [-0.3, -0.25) is 19.7 Å². The van der Waals surface area contributed by atoms with Gasteiger partial charge in [-0.15, -0.1) is 0 Å². The van der Waals surface area contributed by atoms with E-state index >= 15 is 0 Å². The van der Waals surface area contributed by atoms with Crippen LogP contribution in [0, 0.1) is 16.0 Å². The number of Topliss-reactive ketones (excluding diaryl/α,β-unsaturated/α-hetero) is 1. The molecule has 3 atom stereocenters. The molecule has 0 aliphatic carbocycles. The summed E-state index contributed by atoms with van der Waals surface area (Å²) >= 11 is 0. The Morgan fingerprint density at radius 3 is 2.86 bits per heavy atom. The number of carbonyl (C=O) groups excluding carboxylic acids is 2. The first-order valence-corrected chi connectivity index (χ1v) is 6.60. The van der Waals surface area contributed by atoms with Crippen molar-refractivity contribution in [3.8, 4) is 5.75 Å². The van der Waals surface area contributed by atoms with E-state index in [4.69, 9.17) is 4.74 Å². The lowest BCUT2D eigenvalue weighted by atomic mass is 9.73. The number of nitrogens with zero attached hydrogens (tertiary/aromatic N) is 1. The Morgan fingerprint density at radius 1 is 1.52 bits per heavy atom. The number of amides is 1. The van der Waals surface area contributed by atoms with Crippen molar-refractivity contribution in [2.75, 3.05) is 0 Å². The maximum absolute atomic E-state index is 12.1. The molecule has 2 bridgehead atoms. The Labute approximate surface area is 120 Å². The number of nitro benzene ring substituents is 1. The molecule has 0 saturated carbocycles. The number of rotatable bonds is 2. The largest absolute Gasteiger partial charge is 0.468 e. The third-order valence-electron chi connectivity index (χ3n) is 4.06. The average Bonchev–Trinajstić information content (AvgIpc) is 2.36. The molecule has 0 spiro atoms. The molecule has 1 fully saturated rings. The molecule has 7 heteroatoms. The predicted octanol–water partition coefficient (Wildman–Crippen LogP) is 1.51. The van der Waals surface area contributed by atoms with Gasteiger partial charge in [0, 0.05) is 30.0 Å². The Kier molecular flexibility index (Phi) is 2.76. The summed E-state index contributed by atoms with van der Waals surface area (Å²) in [4.78, 5) is 34.4. The van der Waals surface area contributed by atoms with E-state index in [0.717, 1.165) is 0 Å². The topological polar surface area (TPSA) is 98.5 Å². The molecule has 0 radical (unpaired) electrons. The first-order chi connectivity index (χ1) is 9.81. The number of ketones is 1. The van der Waals surface area contributed by atoms with Crippen molar-refractivity contribution in [3.63, 3.8) is 0 Å². The standard InChI is InChI=1S/C14H14N2O5/c1-7(17)12-10-6-14(2,15-13(12)18)21-11-4-3-8(16(19)20)5-9(10)11/h3-5,10,12H,6H2,1-2H3,(H,15,18)/t10-,12?,14-/m0/s1. The summed E-state index contributed by atoms with van der Waals surface area (Å²) in [7, 11) is 0. The number of piperidine rings is 1. The fourth-order valence-electron chi connectivity index (χ4n) is 3.21. The van der Waals surface area contributed by atoms with E-state index in [1.807, 2.05) is 0 Å². The lowest BCUT2D eigenvalue weighted by molar-refractivity contribution is -0.385. The number of hydrogen-bond donors (Lipinski definition) is 1. The number of nitrogens with one attached hydrogen (secondary N) is 1. The molecule has 1 amide bonds. The summed E-state index contributed by atoms with van der Waals surface area (Å²) in [5, 5.41) is 13.6. The van der Waals surface area contributed by atoms with Gasteiger partial charge in [-0.05, 0) is 19.9 Å². The van der Waals surface area contributed by atoms with Crippen LogP contribution < -0.4 is 10.1 Å². The molecule has 1 N–H and O–H groups in total. The minimum Gasteiger partial charge on any atom is -0.468 e. The normalized spacial score (nSPS) is 29.9. The van der Waals surface area contributed by atoms with Crippen LogP contribution in [0.2, 0.25) is 0 Å². The lowest BCUT2D eigenvalue weighted by Gasteiger charge is -2.46. The molecule has 21 heavy (non-hydrogen) atoms. The minimum atomic E-state index is -0.878. The Morgan fingerprint density at radius 2 is 2.24 bits per heavy atom. The van der Waals surface area contributed by atoms with Gasteiger partial charge >= 0.3 is 0 Å². The number of hydrogen-bond acceptors (Lipinski definition) is 5. The molecule has 1 unspecified atom stereocenters. The van der Waals surface area contributed by atoms with Crippen LogP contribution in [0.1, 0.15) is 31.7 Å². The van der Waals surface area contributed by atoms with E-state index in [9.17, 15) is 19.7 Å². The zero-order valence-electron chi connectivity index (χ0n) is 11.6. The van der Waals surface area contributed by atoms with Gasteiger partial charge in [0.1, 0.15) is 17.5 Å². The van der Waals surface area contributed by atoms with Gasteiger partial charge in [0.15, 0.2) is 5.72 Å². The highest BCUT2D eigenvalue weighted by molar-refractivity contribution is 6.02. The molecule has 2 heterocycles. The highest BCUT2D eigenvalue weighted by atomic mass is 16.6. The highest BCUT2D eigenvalue weighted by Gasteiger charge is 2.50. The molecular formula is C14H14N2O5. The molecule has 2 aliphatic rings. The van der Waals surface area contributed by atoms with Gasteiger partial charge in [0.2, 0.25) is 5.91 Å². The third-order valence-corrected chi connectivity index (χ3v) is 4.06. The van der Waals surface area contributed by atoms with Gasteiger partial charge in [0.25, 0.3) is 5.69 Å².